The summed E-state index contributed by atoms with van der Waals surface area (Å²) >= 11 is 0. The fourth-order valence-corrected chi connectivity index (χ4v) is 4.87. The number of nitrogens with zero attached hydrogens (tertiary/aromatic N) is 2. The molecular weight excluding hydrogens is 484 g/mol. The van der Waals surface area contributed by atoms with E-state index in [0.717, 1.165) is 27.6 Å². The Bertz CT molecular complexity index is 1860. The van der Waals surface area contributed by atoms with Crippen LogP contribution in [-0.2, 0) is 11.8 Å². The van der Waals surface area contributed by atoms with Gasteiger partial charge in [0.15, 0.2) is 5.43 Å². The van der Waals surface area contributed by atoms with Crippen LogP contribution >= 0.6 is 0 Å². The second-order valence-corrected chi connectivity index (χ2v) is 9.62. The number of fused-ring (bicyclic) bond motifs is 2. The van der Waals surface area contributed by atoms with E-state index in [4.69, 9.17) is 9.15 Å². The number of carbonyl (C=O) groups excluding carboxylic acids is 1. The van der Waals surface area contributed by atoms with Crippen molar-refractivity contribution in [2.75, 3.05) is 12.4 Å². The van der Waals surface area contributed by atoms with Crippen LogP contribution in [0.15, 0.2) is 56.6 Å². The van der Waals surface area contributed by atoms with Gasteiger partial charge >= 0.3 is 5.97 Å². The van der Waals surface area contributed by atoms with Gasteiger partial charge in [-0.15, -0.1) is 0 Å². The zero-order chi connectivity index (χ0) is 27.3. The van der Waals surface area contributed by atoms with Gasteiger partial charge in [0.2, 0.25) is 0 Å². The van der Waals surface area contributed by atoms with Crippen molar-refractivity contribution < 1.29 is 13.9 Å². The van der Waals surface area contributed by atoms with Crippen LogP contribution in [-0.4, -0.2) is 27.8 Å². The standard InChI is InChI=1S/C29H28N4O5/c1-14-9-20(17(4)31-23-11-15(2)30-28(35)24(23)29(36)37-6)27-21(10-14)25(34)16(3)26(38-27)18-7-8-22-19(12-18)13-33(5)32-22/h7-13,17H,1-6H3,(H2,30,31,35)/t17-/m1/s1. The van der Waals surface area contributed by atoms with Gasteiger partial charge in [0, 0.05) is 41.0 Å². The number of benzene rings is 2. The van der Waals surface area contributed by atoms with E-state index in [0.29, 0.717) is 33.7 Å². The number of methoxy groups -OCH3 is 1. The molecule has 3 heterocycles. The van der Waals surface area contributed by atoms with Gasteiger partial charge in [-0.05, 0) is 63.6 Å². The molecule has 0 bridgehead atoms. The number of rotatable bonds is 5. The van der Waals surface area contributed by atoms with Gasteiger partial charge in [-0.25, -0.2) is 4.79 Å². The summed E-state index contributed by atoms with van der Waals surface area (Å²) in [7, 11) is 3.09. The number of aromatic amines is 1. The molecule has 2 N–H and O–H groups in total. The molecule has 0 aliphatic carbocycles. The fourth-order valence-electron chi connectivity index (χ4n) is 4.87. The largest absolute Gasteiger partial charge is 0.465 e. The first-order valence-electron chi connectivity index (χ1n) is 12.2. The van der Waals surface area contributed by atoms with Crippen molar-refractivity contribution in [2.24, 2.45) is 7.05 Å². The maximum Gasteiger partial charge on any atom is 0.345 e. The topological polar surface area (TPSA) is 119 Å². The number of anilines is 1. The first kappa shape index (κ1) is 25.0. The first-order valence-corrected chi connectivity index (χ1v) is 12.2. The molecule has 0 amide bonds. The maximum absolute atomic E-state index is 13.5. The van der Waals surface area contributed by atoms with Gasteiger partial charge in [-0.3, -0.25) is 14.3 Å². The van der Waals surface area contributed by atoms with Crippen molar-refractivity contribution in [1.82, 2.24) is 14.8 Å². The molecule has 0 aliphatic rings. The number of aryl methyl sites for hydroxylation is 3. The molecule has 5 aromatic rings. The summed E-state index contributed by atoms with van der Waals surface area (Å²) in [4.78, 5) is 41.1. The molecule has 0 aliphatic heterocycles. The van der Waals surface area contributed by atoms with Crippen LogP contribution in [0.2, 0.25) is 0 Å². The average molecular weight is 513 g/mol. The van der Waals surface area contributed by atoms with E-state index in [9.17, 15) is 14.4 Å². The molecule has 9 nitrogen and oxygen atoms in total. The molecule has 3 aromatic heterocycles. The molecule has 0 radical (unpaired) electrons. The Labute approximate surface area is 218 Å². The normalized spacial score (nSPS) is 12.2. The van der Waals surface area contributed by atoms with Crippen LogP contribution in [0.4, 0.5) is 5.69 Å². The predicted molar refractivity (Wildman–Crippen MR) is 147 cm³/mol. The molecule has 5 rings (SSSR count). The average Bonchev–Trinajstić information content (AvgIpc) is 3.24. The number of carbonyl (C=O) groups is 1. The molecule has 194 valence electrons. The predicted octanol–water partition coefficient (Wildman–Crippen LogP) is 4.92. The lowest BCUT2D eigenvalue weighted by atomic mass is 9.98. The molecule has 0 saturated heterocycles. The molecule has 9 heteroatoms. The van der Waals surface area contributed by atoms with E-state index in [1.54, 1.807) is 24.6 Å². The van der Waals surface area contributed by atoms with E-state index >= 15 is 0 Å². The van der Waals surface area contributed by atoms with Gasteiger partial charge in [0.25, 0.3) is 5.56 Å². The molecule has 0 fully saturated rings. The van der Waals surface area contributed by atoms with E-state index in [2.05, 4.69) is 15.4 Å². The van der Waals surface area contributed by atoms with Crippen LogP contribution in [0.1, 0.15) is 45.7 Å². The second kappa shape index (κ2) is 9.33. The smallest absolute Gasteiger partial charge is 0.345 e. The Morgan fingerprint density at radius 3 is 2.63 bits per heavy atom. The number of pyridine rings is 1. The lowest BCUT2D eigenvalue weighted by molar-refractivity contribution is 0.0599. The second-order valence-electron chi connectivity index (χ2n) is 9.62. The van der Waals surface area contributed by atoms with E-state index in [-0.39, 0.29) is 11.0 Å². The summed E-state index contributed by atoms with van der Waals surface area (Å²) < 4.78 is 13.1. The number of hydrogen-bond donors (Lipinski definition) is 2. The zero-order valence-electron chi connectivity index (χ0n) is 22.1. The number of aromatic nitrogens is 3. The van der Waals surface area contributed by atoms with Crippen LogP contribution in [0.25, 0.3) is 33.2 Å². The summed E-state index contributed by atoms with van der Waals surface area (Å²) in [6.07, 6.45) is 1.91. The molecule has 0 unspecified atom stereocenters. The summed E-state index contributed by atoms with van der Waals surface area (Å²) in [6.45, 7) is 7.28. The number of nitrogens with one attached hydrogen (secondary N) is 2. The third-order valence-electron chi connectivity index (χ3n) is 6.67. The van der Waals surface area contributed by atoms with Crippen molar-refractivity contribution in [3.63, 3.8) is 0 Å². The summed E-state index contributed by atoms with van der Waals surface area (Å²) in [5, 5.41) is 9.09. The van der Waals surface area contributed by atoms with Crippen molar-refractivity contribution in [3.8, 4) is 11.3 Å². The lowest BCUT2D eigenvalue weighted by Crippen LogP contribution is -2.23. The highest BCUT2D eigenvalue weighted by Gasteiger charge is 2.23. The lowest BCUT2D eigenvalue weighted by Gasteiger charge is -2.20. The van der Waals surface area contributed by atoms with Crippen LogP contribution in [0, 0.1) is 20.8 Å². The minimum absolute atomic E-state index is 0.119. The van der Waals surface area contributed by atoms with E-state index in [1.165, 1.54) is 7.11 Å². The first-order chi connectivity index (χ1) is 18.1. The Morgan fingerprint density at radius 2 is 1.89 bits per heavy atom. The number of esters is 1. The van der Waals surface area contributed by atoms with E-state index < -0.39 is 17.6 Å². The third kappa shape index (κ3) is 4.26. The van der Waals surface area contributed by atoms with Gasteiger partial charge < -0.3 is 19.5 Å². The molecule has 0 spiro atoms. The van der Waals surface area contributed by atoms with Crippen molar-refractivity contribution >= 4 is 33.5 Å². The van der Waals surface area contributed by atoms with Crippen molar-refractivity contribution in [2.45, 2.75) is 33.7 Å². The highest BCUT2D eigenvalue weighted by molar-refractivity contribution is 5.95. The molecule has 38 heavy (non-hydrogen) atoms. The van der Waals surface area contributed by atoms with Gasteiger partial charge in [-0.1, -0.05) is 6.07 Å². The molecule has 2 aromatic carbocycles. The van der Waals surface area contributed by atoms with Gasteiger partial charge in [0.05, 0.1) is 29.7 Å². The Hall–Kier alpha value is -4.66. The minimum atomic E-state index is -0.745. The molecular formula is C29H28N4O5. The molecule has 0 saturated carbocycles. The Balaban J connectivity index is 1.68. The highest BCUT2D eigenvalue weighted by Crippen LogP contribution is 2.33. The van der Waals surface area contributed by atoms with Crippen molar-refractivity contribution in [3.05, 3.63) is 91.1 Å². The van der Waals surface area contributed by atoms with Crippen LogP contribution < -0.4 is 16.3 Å². The van der Waals surface area contributed by atoms with E-state index in [1.807, 2.05) is 57.4 Å². The zero-order valence-corrected chi connectivity index (χ0v) is 22.1. The van der Waals surface area contributed by atoms with Crippen LogP contribution in [0.5, 0.6) is 0 Å². The molecule has 1 atom stereocenters. The number of H-pyrrole nitrogens is 1. The monoisotopic (exact) mass is 512 g/mol. The quantitative estimate of drug-likeness (QED) is 0.321. The Morgan fingerprint density at radius 1 is 1.13 bits per heavy atom. The maximum atomic E-state index is 13.5. The summed E-state index contributed by atoms with van der Waals surface area (Å²) in [6, 6.07) is 10.7. The van der Waals surface area contributed by atoms with Crippen LogP contribution in [0.3, 0.4) is 0 Å². The minimum Gasteiger partial charge on any atom is -0.465 e. The third-order valence-corrected chi connectivity index (χ3v) is 6.67. The number of ether oxygens (including phenoxy) is 1. The Kier molecular flexibility index (Phi) is 6.14. The summed E-state index contributed by atoms with van der Waals surface area (Å²) in [5.74, 6) is -0.266. The SMILES string of the molecule is COC(=O)c1c(N[C@H](C)c2cc(C)cc3c(=O)c(C)c(-c4ccc5nn(C)cc5c4)oc23)cc(C)[nH]c1=O. The number of hydrogen-bond acceptors (Lipinski definition) is 7. The fraction of sp³-hybridized carbons (Fsp3) is 0.241. The van der Waals surface area contributed by atoms with Crippen molar-refractivity contribution in [1.29, 1.82) is 0 Å². The van der Waals surface area contributed by atoms with Gasteiger partial charge in [-0.2, -0.15) is 5.10 Å². The van der Waals surface area contributed by atoms with Gasteiger partial charge in [0.1, 0.15) is 16.9 Å². The highest BCUT2D eigenvalue weighted by atomic mass is 16.5. The summed E-state index contributed by atoms with van der Waals surface area (Å²) in [5.41, 5.74) is 4.30.